The third-order valence-corrected chi connectivity index (χ3v) is 7.46. The SMILES string of the molecule is CCS(=O)(=O)N1CCC2(c3ccccc3)CCN(C)C2C1.O=C(O)C(F)(F)F. The molecular weight excluding hydrogens is 397 g/mol. The van der Waals surface area contributed by atoms with E-state index in [1.54, 1.807) is 11.2 Å². The number of alkyl halides is 3. The number of piperidine rings is 1. The number of fused-ring (bicyclic) bond motifs is 1. The molecule has 28 heavy (non-hydrogen) atoms. The minimum atomic E-state index is -5.08. The predicted octanol–water partition coefficient (Wildman–Crippen LogP) is 2.32. The van der Waals surface area contributed by atoms with Crippen LogP contribution in [0.25, 0.3) is 0 Å². The molecule has 0 aliphatic carbocycles. The molecule has 6 nitrogen and oxygen atoms in total. The molecule has 0 aromatic heterocycles. The number of benzene rings is 1. The number of aliphatic carboxylic acids is 1. The quantitative estimate of drug-likeness (QED) is 0.809. The normalized spacial score (nSPS) is 26.2. The van der Waals surface area contributed by atoms with Crippen LogP contribution >= 0.6 is 0 Å². The Morgan fingerprint density at radius 3 is 2.25 bits per heavy atom. The van der Waals surface area contributed by atoms with Gasteiger partial charge in [0.25, 0.3) is 0 Å². The Hall–Kier alpha value is -1.65. The van der Waals surface area contributed by atoms with Crippen LogP contribution in [0.3, 0.4) is 0 Å². The van der Waals surface area contributed by atoms with Crippen molar-refractivity contribution < 1.29 is 31.5 Å². The van der Waals surface area contributed by atoms with Crippen molar-refractivity contribution in [1.29, 1.82) is 0 Å². The Balaban J connectivity index is 0.000000345. The van der Waals surface area contributed by atoms with E-state index in [0.717, 1.165) is 19.4 Å². The maximum Gasteiger partial charge on any atom is 0.490 e. The summed E-state index contributed by atoms with van der Waals surface area (Å²) in [6.07, 6.45) is -3.04. The van der Waals surface area contributed by atoms with Gasteiger partial charge in [-0.05, 0) is 38.9 Å². The van der Waals surface area contributed by atoms with Gasteiger partial charge in [-0.1, -0.05) is 30.3 Å². The van der Waals surface area contributed by atoms with E-state index in [2.05, 4.69) is 36.2 Å². The highest BCUT2D eigenvalue weighted by molar-refractivity contribution is 7.89. The predicted molar refractivity (Wildman–Crippen MR) is 98.5 cm³/mol. The first kappa shape index (κ1) is 22.6. The van der Waals surface area contributed by atoms with Crippen LogP contribution in [-0.2, 0) is 20.2 Å². The zero-order valence-corrected chi connectivity index (χ0v) is 16.6. The maximum absolute atomic E-state index is 12.2. The van der Waals surface area contributed by atoms with Gasteiger partial charge in [0.2, 0.25) is 10.0 Å². The fourth-order valence-corrected chi connectivity index (χ4v) is 5.12. The van der Waals surface area contributed by atoms with Crippen molar-refractivity contribution in [3.05, 3.63) is 35.9 Å². The van der Waals surface area contributed by atoms with Crippen molar-refractivity contribution in [2.45, 2.75) is 37.4 Å². The standard InChI is InChI=1S/C16H24N2O2S.C2HF3O2/c1-3-21(19,20)18-12-10-16(14-7-5-4-6-8-14)9-11-17(2)15(16)13-18;3-2(4,5)1(6)7/h4-8,15H,3,9-13H2,1-2H3;(H,6,7). The van der Waals surface area contributed by atoms with Crippen molar-refractivity contribution in [1.82, 2.24) is 9.21 Å². The van der Waals surface area contributed by atoms with Gasteiger partial charge in [-0.3, -0.25) is 0 Å². The fraction of sp³-hybridized carbons (Fsp3) is 0.611. The number of hydrogen-bond acceptors (Lipinski definition) is 4. The molecule has 0 bridgehead atoms. The maximum atomic E-state index is 12.2. The van der Waals surface area contributed by atoms with Gasteiger partial charge in [0, 0.05) is 24.5 Å². The van der Waals surface area contributed by atoms with Crippen molar-refractivity contribution in [2.75, 3.05) is 32.4 Å². The third kappa shape index (κ3) is 4.66. The zero-order valence-electron chi connectivity index (χ0n) is 15.8. The lowest BCUT2D eigenvalue weighted by atomic mass is 9.70. The Labute approximate surface area is 163 Å². The topological polar surface area (TPSA) is 77.9 Å². The summed E-state index contributed by atoms with van der Waals surface area (Å²) >= 11 is 0. The smallest absolute Gasteiger partial charge is 0.475 e. The average Bonchev–Trinajstić information content (AvgIpc) is 3.00. The molecule has 10 heteroatoms. The van der Waals surface area contributed by atoms with Crippen LogP contribution in [0.2, 0.25) is 0 Å². The lowest BCUT2D eigenvalue weighted by Crippen LogP contribution is -2.56. The van der Waals surface area contributed by atoms with Gasteiger partial charge >= 0.3 is 12.1 Å². The van der Waals surface area contributed by atoms with Crippen molar-refractivity contribution in [3.63, 3.8) is 0 Å². The second-order valence-electron chi connectivity index (χ2n) is 7.08. The second kappa shape index (κ2) is 8.38. The average molecular weight is 422 g/mol. The number of rotatable bonds is 3. The molecule has 2 heterocycles. The van der Waals surface area contributed by atoms with Crippen LogP contribution in [0.15, 0.2) is 30.3 Å². The number of likely N-dealkylation sites (tertiary alicyclic amines) is 1. The van der Waals surface area contributed by atoms with Gasteiger partial charge < -0.3 is 10.0 Å². The summed E-state index contributed by atoms with van der Waals surface area (Å²) in [6.45, 7) is 4.04. The van der Waals surface area contributed by atoms with E-state index in [-0.39, 0.29) is 17.2 Å². The second-order valence-corrected chi connectivity index (χ2v) is 9.34. The summed E-state index contributed by atoms with van der Waals surface area (Å²) in [5.41, 5.74) is 1.49. The molecule has 158 valence electrons. The highest BCUT2D eigenvalue weighted by atomic mass is 32.2. The summed E-state index contributed by atoms with van der Waals surface area (Å²) < 4.78 is 57.8. The third-order valence-electron chi connectivity index (χ3n) is 5.61. The van der Waals surface area contributed by atoms with Crippen molar-refractivity contribution >= 4 is 16.0 Å². The lowest BCUT2D eigenvalue weighted by Gasteiger charge is -2.45. The van der Waals surface area contributed by atoms with Crippen LogP contribution in [0.5, 0.6) is 0 Å². The highest BCUT2D eigenvalue weighted by Gasteiger charge is 2.51. The minimum Gasteiger partial charge on any atom is -0.475 e. The number of nitrogens with zero attached hydrogens (tertiary/aromatic N) is 2. The van der Waals surface area contributed by atoms with Gasteiger partial charge in [0.1, 0.15) is 0 Å². The number of sulfonamides is 1. The lowest BCUT2D eigenvalue weighted by molar-refractivity contribution is -0.192. The summed E-state index contributed by atoms with van der Waals surface area (Å²) in [5, 5.41) is 7.12. The number of halogens is 3. The summed E-state index contributed by atoms with van der Waals surface area (Å²) in [7, 11) is -0.963. The number of hydrogen-bond donors (Lipinski definition) is 1. The molecule has 1 aromatic carbocycles. The zero-order chi connectivity index (χ0) is 21.2. The highest BCUT2D eigenvalue weighted by Crippen LogP contribution is 2.45. The van der Waals surface area contributed by atoms with Gasteiger partial charge in [-0.25, -0.2) is 17.5 Å². The van der Waals surface area contributed by atoms with Crippen molar-refractivity contribution in [3.8, 4) is 0 Å². The van der Waals surface area contributed by atoms with E-state index in [9.17, 15) is 21.6 Å². The van der Waals surface area contributed by atoms with Crippen LogP contribution < -0.4 is 0 Å². The summed E-state index contributed by atoms with van der Waals surface area (Å²) in [5.74, 6) is -2.56. The summed E-state index contributed by atoms with van der Waals surface area (Å²) in [6, 6.07) is 10.9. The van der Waals surface area contributed by atoms with Crippen LogP contribution in [0.1, 0.15) is 25.3 Å². The Bertz CT molecular complexity index is 786. The van der Waals surface area contributed by atoms with E-state index in [0.29, 0.717) is 13.1 Å². The molecule has 2 aliphatic rings. The van der Waals surface area contributed by atoms with Crippen molar-refractivity contribution in [2.24, 2.45) is 0 Å². The number of carboxylic acids is 1. The molecule has 2 aliphatic heterocycles. The molecule has 0 radical (unpaired) electrons. The molecule has 2 saturated heterocycles. The Morgan fingerprint density at radius 2 is 1.75 bits per heavy atom. The molecule has 3 rings (SSSR count). The van der Waals surface area contributed by atoms with Gasteiger partial charge in [-0.2, -0.15) is 13.2 Å². The van der Waals surface area contributed by atoms with E-state index in [1.807, 2.05) is 6.07 Å². The van der Waals surface area contributed by atoms with E-state index >= 15 is 0 Å². The number of carboxylic acid groups (broad SMARTS) is 1. The Morgan fingerprint density at radius 1 is 1.21 bits per heavy atom. The molecule has 2 fully saturated rings. The molecule has 2 atom stereocenters. The van der Waals surface area contributed by atoms with E-state index in [1.165, 1.54) is 5.56 Å². The largest absolute Gasteiger partial charge is 0.490 e. The molecule has 1 aromatic rings. The molecule has 2 unspecified atom stereocenters. The molecule has 0 saturated carbocycles. The molecule has 0 amide bonds. The van der Waals surface area contributed by atoms with Crippen LogP contribution in [0.4, 0.5) is 13.2 Å². The molecule has 0 spiro atoms. The first-order valence-electron chi connectivity index (χ1n) is 8.98. The van der Waals surface area contributed by atoms with Gasteiger partial charge in [0.05, 0.1) is 5.75 Å². The fourth-order valence-electron chi connectivity index (χ4n) is 4.02. The first-order chi connectivity index (χ1) is 12.9. The van der Waals surface area contributed by atoms with E-state index < -0.39 is 22.2 Å². The minimum absolute atomic E-state index is 0.121. The van der Waals surface area contributed by atoms with Crippen LogP contribution in [0, 0.1) is 0 Å². The van der Waals surface area contributed by atoms with Crippen LogP contribution in [-0.4, -0.2) is 73.4 Å². The molecular formula is C18H25F3N2O4S. The number of carbonyl (C=O) groups is 1. The summed E-state index contributed by atoms with van der Waals surface area (Å²) in [4.78, 5) is 11.2. The first-order valence-corrected chi connectivity index (χ1v) is 10.6. The monoisotopic (exact) mass is 422 g/mol. The van der Waals surface area contributed by atoms with Gasteiger partial charge in [-0.15, -0.1) is 0 Å². The Kier molecular flexibility index (Phi) is 6.78. The van der Waals surface area contributed by atoms with Gasteiger partial charge in [0.15, 0.2) is 0 Å². The molecule has 1 N–H and O–H groups in total. The number of likely N-dealkylation sites (N-methyl/N-ethyl adjacent to an activating group) is 1. The van der Waals surface area contributed by atoms with E-state index in [4.69, 9.17) is 9.90 Å².